The average molecular weight is 891 g/mol. The Morgan fingerprint density at radius 2 is 0.277 bits per heavy atom. The Hall–Kier alpha value is -4.25. The Kier molecular flexibility index (Phi) is 43.1. The molecule has 0 unspecified atom stereocenters. The molecule has 5 nitrogen and oxygen atoms in total. The van der Waals surface area contributed by atoms with Crippen LogP contribution < -0.4 is 0 Å². The van der Waals surface area contributed by atoms with Gasteiger partial charge in [-0.3, -0.25) is 24.0 Å². The molecule has 65 heavy (non-hydrogen) atoms. The molecule has 0 fully saturated rings. The predicted molar refractivity (Wildman–Crippen MR) is 278 cm³/mol. The van der Waals surface area contributed by atoms with E-state index in [1.54, 1.807) is 0 Å². The van der Waals surface area contributed by atoms with Crippen molar-refractivity contribution in [3.05, 3.63) is 122 Å². The van der Waals surface area contributed by atoms with E-state index in [-0.39, 0.29) is 0 Å². The molecule has 0 radical (unpaired) electrons. The molecule has 0 heterocycles. The molecule has 0 bridgehead atoms. The summed E-state index contributed by atoms with van der Waals surface area (Å²) in [6.07, 6.45) is 76.8. The Labute approximate surface area is 397 Å². The fourth-order valence-corrected chi connectivity index (χ4v) is 7.25. The molecule has 0 atom stereocenters. The van der Waals surface area contributed by atoms with E-state index in [2.05, 4.69) is 109 Å². The van der Waals surface area contributed by atoms with Crippen molar-refractivity contribution in [2.75, 3.05) is 0 Å². The zero-order valence-corrected chi connectivity index (χ0v) is 40.8. The van der Waals surface area contributed by atoms with Crippen molar-refractivity contribution in [1.29, 1.82) is 0 Å². The maximum absolute atomic E-state index is 11.7. The van der Waals surface area contributed by atoms with Gasteiger partial charge in [-0.25, -0.2) is 0 Å². The number of carbonyl (C=O) groups is 5. The second kappa shape index (κ2) is 47.7. The van der Waals surface area contributed by atoms with Gasteiger partial charge in [-0.2, -0.15) is 0 Å². The van der Waals surface area contributed by atoms with Gasteiger partial charge < -0.3 is 0 Å². The van der Waals surface area contributed by atoms with E-state index in [1.165, 1.54) is 0 Å². The van der Waals surface area contributed by atoms with Gasteiger partial charge in [0.05, 0.1) is 0 Å². The highest BCUT2D eigenvalue weighted by Crippen LogP contribution is 2.11. The number of carbonyl (C=O) groups excluding carboxylic acids is 5. The van der Waals surface area contributed by atoms with E-state index in [0.717, 1.165) is 193 Å². The molecule has 4 rings (SSSR count). The summed E-state index contributed by atoms with van der Waals surface area (Å²) >= 11 is 0. The van der Waals surface area contributed by atoms with Crippen molar-refractivity contribution in [3.8, 4) is 0 Å². The lowest BCUT2D eigenvalue weighted by atomic mass is 10.1. The third-order valence-corrected chi connectivity index (χ3v) is 11.2. The molecule has 0 aliphatic heterocycles. The minimum Gasteiger partial charge on any atom is -0.300 e. The topological polar surface area (TPSA) is 85.3 Å². The van der Waals surface area contributed by atoms with Crippen molar-refractivity contribution < 1.29 is 24.0 Å². The standard InChI is InChI=1S/C20H30O.C16H24O2.C16H24O.C8H12O/c21-20-18-16-14-12-10-8-6-4-2-1-3-5-7-9-11-13-15-17-19-20;17-15-11-7-3-1-2-4-8-12-16(18)14-10-6-5-9-13-15;17-16-14-12-10-8-6-4-2-1-3-5-7-9-11-13-15-16;9-8-6-4-2-1-3-5-7-8/h2,4-5,7,10,12-13,15H,1,3,6,8-9,11,14,16-19H2;1-2,5-6H,3-4,7-14H2;1-2,7-10H,3-6,11-15H2;1-2H,3-7H2/b;;;2-1-. The molecule has 0 spiro atoms. The van der Waals surface area contributed by atoms with E-state index in [9.17, 15) is 24.0 Å². The summed E-state index contributed by atoms with van der Waals surface area (Å²) in [5.41, 5.74) is 0. The van der Waals surface area contributed by atoms with Gasteiger partial charge >= 0.3 is 0 Å². The van der Waals surface area contributed by atoms with Crippen molar-refractivity contribution >= 4 is 28.9 Å². The minimum atomic E-state index is 0.358. The van der Waals surface area contributed by atoms with Crippen LogP contribution in [0.1, 0.15) is 225 Å². The first-order valence-electron chi connectivity index (χ1n) is 26.1. The second-order valence-corrected chi connectivity index (χ2v) is 17.4. The number of Topliss-reactive ketones (excluding diaryl/α,β-unsaturated/α-hetero) is 5. The van der Waals surface area contributed by atoms with Crippen LogP contribution in [0.5, 0.6) is 0 Å². The Balaban J connectivity index is 0.000000447. The molecular formula is C60H90O5. The van der Waals surface area contributed by atoms with Gasteiger partial charge in [-0.15, -0.1) is 0 Å². The first-order valence-corrected chi connectivity index (χ1v) is 26.1. The fraction of sp³-hybridized carbons (Fsp3) is 0.583. The van der Waals surface area contributed by atoms with E-state index < -0.39 is 0 Å². The molecular weight excluding hydrogens is 801 g/mol. The highest BCUT2D eigenvalue weighted by Gasteiger charge is 2.03. The van der Waals surface area contributed by atoms with Gasteiger partial charge in [0.2, 0.25) is 0 Å². The first kappa shape index (κ1) is 58.8. The molecule has 0 aromatic heterocycles. The van der Waals surface area contributed by atoms with Crippen LogP contribution >= 0.6 is 0 Å². The summed E-state index contributed by atoms with van der Waals surface area (Å²) in [5.74, 6) is 1.96. The van der Waals surface area contributed by atoms with Crippen LogP contribution in [0.2, 0.25) is 0 Å². The lowest BCUT2D eigenvalue weighted by Crippen LogP contribution is -1.97. The third-order valence-electron chi connectivity index (χ3n) is 11.2. The van der Waals surface area contributed by atoms with Crippen molar-refractivity contribution in [2.24, 2.45) is 0 Å². The molecule has 0 N–H and O–H groups in total. The number of hydrogen-bond acceptors (Lipinski definition) is 5. The zero-order chi connectivity index (χ0) is 46.8. The van der Waals surface area contributed by atoms with Gasteiger partial charge in [0.15, 0.2) is 0 Å². The monoisotopic (exact) mass is 891 g/mol. The Morgan fingerprint density at radius 3 is 0.431 bits per heavy atom. The van der Waals surface area contributed by atoms with E-state index in [4.69, 9.17) is 0 Å². The summed E-state index contributed by atoms with van der Waals surface area (Å²) in [7, 11) is 0. The molecule has 0 aromatic rings. The maximum atomic E-state index is 11.7. The van der Waals surface area contributed by atoms with Crippen LogP contribution in [-0.4, -0.2) is 28.9 Å². The van der Waals surface area contributed by atoms with Crippen LogP contribution in [0.3, 0.4) is 0 Å². The summed E-state index contributed by atoms with van der Waals surface area (Å²) in [5, 5.41) is 0. The lowest BCUT2D eigenvalue weighted by molar-refractivity contribution is -0.120. The molecule has 360 valence electrons. The quantitative estimate of drug-likeness (QED) is 0.226. The SMILES string of the molecule is O=C1CC/C=C\CCC1.O=C1CCC=CCCC(=O)CCCC=CCCC1.O=C1CCC=CCCC=CCCC=CCCC1.O=C1CCC=CCCC=CCCC=CCCC=CCCC1. The first-order chi connectivity index (χ1) is 32.0. The molecule has 0 saturated heterocycles. The summed E-state index contributed by atoms with van der Waals surface area (Å²) in [6, 6.07) is 0. The Morgan fingerprint density at radius 1 is 0.154 bits per heavy atom. The predicted octanol–water partition coefficient (Wildman–Crippen LogP) is 17.1. The summed E-state index contributed by atoms with van der Waals surface area (Å²) in [6.45, 7) is 0. The van der Waals surface area contributed by atoms with Crippen LogP contribution in [0, 0.1) is 0 Å². The van der Waals surface area contributed by atoms with E-state index >= 15 is 0 Å². The molecule has 0 aromatic carbocycles. The maximum Gasteiger partial charge on any atom is 0.133 e. The molecule has 4 aliphatic carbocycles. The third kappa shape index (κ3) is 46.1. The van der Waals surface area contributed by atoms with Crippen LogP contribution in [0.4, 0.5) is 0 Å². The highest BCUT2D eigenvalue weighted by molar-refractivity contribution is 5.80. The van der Waals surface area contributed by atoms with Gasteiger partial charge in [-0.05, 0) is 161 Å². The van der Waals surface area contributed by atoms with Crippen molar-refractivity contribution in [2.45, 2.75) is 225 Å². The average Bonchev–Trinajstić information content (AvgIpc) is 3.28. The van der Waals surface area contributed by atoms with Crippen LogP contribution in [0.25, 0.3) is 0 Å². The smallest absolute Gasteiger partial charge is 0.133 e. The highest BCUT2D eigenvalue weighted by atomic mass is 16.1. The van der Waals surface area contributed by atoms with Gasteiger partial charge in [0.25, 0.3) is 0 Å². The Bertz CT molecular complexity index is 1510. The van der Waals surface area contributed by atoms with E-state index in [0.29, 0.717) is 61.0 Å². The van der Waals surface area contributed by atoms with Gasteiger partial charge in [-0.1, -0.05) is 122 Å². The molecule has 0 amide bonds. The van der Waals surface area contributed by atoms with Crippen molar-refractivity contribution in [3.63, 3.8) is 0 Å². The lowest BCUT2D eigenvalue weighted by Gasteiger charge is -1.99. The van der Waals surface area contributed by atoms with Crippen LogP contribution in [0.15, 0.2) is 122 Å². The van der Waals surface area contributed by atoms with E-state index in [1.807, 2.05) is 12.2 Å². The molecule has 0 saturated carbocycles. The second-order valence-electron chi connectivity index (χ2n) is 17.4. The zero-order valence-electron chi connectivity index (χ0n) is 40.8. The number of allylic oxidation sites excluding steroid dienone is 20. The minimum absolute atomic E-state index is 0.358. The number of ketones is 5. The molecule has 4 aliphatic rings. The largest absolute Gasteiger partial charge is 0.300 e. The fourth-order valence-electron chi connectivity index (χ4n) is 7.25. The van der Waals surface area contributed by atoms with Gasteiger partial charge in [0, 0.05) is 64.2 Å². The normalized spacial score (nSPS) is 21.3. The van der Waals surface area contributed by atoms with Gasteiger partial charge in [0.1, 0.15) is 28.9 Å². The number of rotatable bonds is 0. The van der Waals surface area contributed by atoms with Crippen molar-refractivity contribution in [1.82, 2.24) is 0 Å². The summed E-state index contributed by atoms with van der Waals surface area (Å²) < 4.78 is 0. The molecule has 5 heteroatoms. The van der Waals surface area contributed by atoms with Crippen LogP contribution in [-0.2, 0) is 24.0 Å². The summed E-state index contributed by atoms with van der Waals surface area (Å²) in [4.78, 5) is 57.0. The number of hydrogen-bond donors (Lipinski definition) is 0.